The standard InChI is InChI=1S/C26H39N3/c1-17(2)23-14-20(15-25-28-24-12-8-9-18(3)26(24)29-25)19(4)13-21(23)16-27-22-10-6-5-7-11-22/h8-9,12-13,17,20-23,27H,5-7,10-11,14-16H2,1-4H3,(H,28,29)/t20-,21-,23-/m0/s1. The lowest BCUT2D eigenvalue weighted by Gasteiger charge is -2.38. The number of aromatic amines is 1. The van der Waals surface area contributed by atoms with Gasteiger partial charge in [-0.25, -0.2) is 4.98 Å². The van der Waals surface area contributed by atoms with Crippen molar-refractivity contribution in [2.24, 2.45) is 23.7 Å². The number of aryl methyl sites for hydroxylation is 1. The van der Waals surface area contributed by atoms with Crippen molar-refractivity contribution in [3.63, 3.8) is 0 Å². The third kappa shape index (κ3) is 4.77. The summed E-state index contributed by atoms with van der Waals surface area (Å²) >= 11 is 0. The van der Waals surface area contributed by atoms with E-state index in [4.69, 9.17) is 4.98 Å². The van der Waals surface area contributed by atoms with Gasteiger partial charge < -0.3 is 10.3 Å². The smallest absolute Gasteiger partial charge is 0.107 e. The summed E-state index contributed by atoms with van der Waals surface area (Å²) in [6.07, 6.45) is 11.9. The number of allylic oxidation sites excluding steroid dienone is 1. The number of nitrogens with one attached hydrogen (secondary N) is 2. The van der Waals surface area contributed by atoms with Crippen LogP contribution in [0.25, 0.3) is 11.0 Å². The van der Waals surface area contributed by atoms with Crippen LogP contribution in [0.15, 0.2) is 29.8 Å². The van der Waals surface area contributed by atoms with Crippen LogP contribution in [-0.4, -0.2) is 22.6 Å². The van der Waals surface area contributed by atoms with Gasteiger partial charge in [-0.05, 0) is 68.4 Å². The van der Waals surface area contributed by atoms with Gasteiger partial charge in [0.1, 0.15) is 5.82 Å². The van der Waals surface area contributed by atoms with Gasteiger partial charge in [0.25, 0.3) is 0 Å². The second-order valence-corrected chi connectivity index (χ2v) is 10.0. The van der Waals surface area contributed by atoms with Crippen LogP contribution < -0.4 is 5.32 Å². The average Bonchev–Trinajstić information content (AvgIpc) is 3.12. The fourth-order valence-corrected chi connectivity index (χ4v) is 5.67. The van der Waals surface area contributed by atoms with Gasteiger partial charge in [0.05, 0.1) is 11.0 Å². The molecular formula is C26H39N3. The van der Waals surface area contributed by atoms with Crippen LogP contribution in [0.5, 0.6) is 0 Å². The molecule has 0 unspecified atom stereocenters. The molecule has 0 saturated heterocycles. The lowest BCUT2D eigenvalue weighted by atomic mass is 9.69. The van der Waals surface area contributed by atoms with E-state index in [0.717, 1.165) is 42.2 Å². The highest BCUT2D eigenvalue weighted by Gasteiger charge is 2.32. The van der Waals surface area contributed by atoms with Crippen molar-refractivity contribution in [2.75, 3.05) is 6.54 Å². The first-order valence-corrected chi connectivity index (χ1v) is 11.9. The number of H-pyrrole nitrogens is 1. The van der Waals surface area contributed by atoms with Crippen LogP contribution in [0, 0.1) is 30.6 Å². The highest BCUT2D eigenvalue weighted by molar-refractivity contribution is 5.78. The Hall–Kier alpha value is -1.61. The van der Waals surface area contributed by atoms with E-state index in [-0.39, 0.29) is 0 Å². The first kappa shape index (κ1) is 20.7. The predicted molar refractivity (Wildman–Crippen MR) is 123 cm³/mol. The lowest BCUT2D eigenvalue weighted by molar-refractivity contribution is 0.213. The molecule has 2 aromatic rings. The van der Waals surface area contributed by atoms with E-state index in [9.17, 15) is 0 Å². The minimum Gasteiger partial charge on any atom is -0.342 e. The van der Waals surface area contributed by atoms with Crippen LogP contribution in [0.4, 0.5) is 0 Å². The van der Waals surface area contributed by atoms with Gasteiger partial charge in [-0.3, -0.25) is 0 Å². The van der Waals surface area contributed by atoms with Gasteiger partial charge in [-0.1, -0.05) is 56.9 Å². The van der Waals surface area contributed by atoms with E-state index in [1.165, 1.54) is 49.6 Å². The zero-order valence-electron chi connectivity index (χ0n) is 18.8. The maximum absolute atomic E-state index is 4.93. The molecule has 158 valence electrons. The number of hydrogen-bond donors (Lipinski definition) is 2. The van der Waals surface area contributed by atoms with Gasteiger partial charge in [0.2, 0.25) is 0 Å². The maximum atomic E-state index is 4.93. The van der Waals surface area contributed by atoms with E-state index in [1.807, 2.05) is 0 Å². The van der Waals surface area contributed by atoms with E-state index in [0.29, 0.717) is 11.8 Å². The zero-order chi connectivity index (χ0) is 20.4. The quantitative estimate of drug-likeness (QED) is 0.574. The molecule has 1 fully saturated rings. The van der Waals surface area contributed by atoms with Gasteiger partial charge in [0, 0.05) is 19.0 Å². The molecule has 29 heavy (non-hydrogen) atoms. The Morgan fingerprint density at radius 3 is 2.66 bits per heavy atom. The average molecular weight is 394 g/mol. The minimum absolute atomic E-state index is 0.606. The fraction of sp³-hybridized carbons (Fsp3) is 0.654. The number of aromatic nitrogens is 2. The number of imidazole rings is 1. The highest BCUT2D eigenvalue weighted by atomic mass is 14.9. The Labute approximate surface area is 176 Å². The molecule has 3 nitrogen and oxygen atoms in total. The van der Waals surface area contributed by atoms with E-state index < -0.39 is 0 Å². The summed E-state index contributed by atoms with van der Waals surface area (Å²) in [5.41, 5.74) is 5.13. The first-order chi connectivity index (χ1) is 14.0. The SMILES string of the molecule is CC1=C[C@@H](CNC2CCCCC2)[C@H](C(C)C)C[C@H]1Cc1nc2c(C)cccc2[nH]1. The van der Waals surface area contributed by atoms with E-state index >= 15 is 0 Å². The Morgan fingerprint density at radius 2 is 1.93 bits per heavy atom. The van der Waals surface area contributed by atoms with Gasteiger partial charge in [0.15, 0.2) is 0 Å². The third-order valence-corrected chi connectivity index (χ3v) is 7.53. The highest BCUT2D eigenvalue weighted by Crippen LogP contribution is 2.39. The van der Waals surface area contributed by atoms with Crippen molar-refractivity contribution in [2.45, 2.75) is 78.7 Å². The number of benzene rings is 1. The Bertz CT molecular complexity index is 841. The fourth-order valence-electron chi connectivity index (χ4n) is 5.67. The number of para-hydroxylation sites is 1. The molecule has 0 aliphatic heterocycles. The van der Waals surface area contributed by atoms with Crippen LogP contribution in [0.2, 0.25) is 0 Å². The second kappa shape index (κ2) is 9.04. The van der Waals surface area contributed by atoms with Crippen molar-refractivity contribution >= 4 is 11.0 Å². The summed E-state index contributed by atoms with van der Waals surface area (Å²) < 4.78 is 0. The molecule has 1 saturated carbocycles. The molecule has 3 atom stereocenters. The molecule has 2 aliphatic rings. The second-order valence-electron chi connectivity index (χ2n) is 10.0. The molecule has 0 amide bonds. The van der Waals surface area contributed by atoms with Gasteiger partial charge >= 0.3 is 0 Å². The minimum atomic E-state index is 0.606. The number of hydrogen-bond acceptors (Lipinski definition) is 2. The Kier molecular flexibility index (Phi) is 6.44. The van der Waals surface area contributed by atoms with Crippen LogP contribution in [-0.2, 0) is 6.42 Å². The number of fused-ring (bicyclic) bond motifs is 1. The van der Waals surface area contributed by atoms with Crippen LogP contribution in [0.1, 0.15) is 70.7 Å². The normalized spacial score (nSPS) is 26.2. The third-order valence-electron chi connectivity index (χ3n) is 7.53. The van der Waals surface area contributed by atoms with E-state index in [1.54, 1.807) is 5.57 Å². The topological polar surface area (TPSA) is 40.7 Å². The predicted octanol–water partition coefficient (Wildman–Crippen LogP) is 6.19. The van der Waals surface area contributed by atoms with Crippen molar-refractivity contribution in [1.29, 1.82) is 0 Å². The zero-order valence-corrected chi connectivity index (χ0v) is 18.8. The molecule has 2 N–H and O–H groups in total. The monoisotopic (exact) mass is 393 g/mol. The summed E-state index contributed by atoms with van der Waals surface area (Å²) in [4.78, 5) is 8.51. The molecule has 4 rings (SSSR count). The Balaban J connectivity index is 1.46. The number of nitrogens with zero attached hydrogens (tertiary/aromatic N) is 1. The molecule has 0 radical (unpaired) electrons. The number of rotatable bonds is 6. The molecule has 3 heteroatoms. The van der Waals surface area contributed by atoms with Crippen molar-refractivity contribution in [3.8, 4) is 0 Å². The molecule has 0 spiro atoms. The Morgan fingerprint density at radius 1 is 1.14 bits per heavy atom. The largest absolute Gasteiger partial charge is 0.342 e. The van der Waals surface area contributed by atoms with Gasteiger partial charge in [-0.15, -0.1) is 0 Å². The van der Waals surface area contributed by atoms with Gasteiger partial charge in [-0.2, -0.15) is 0 Å². The molecule has 2 aliphatic carbocycles. The lowest BCUT2D eigenvalue weighted by Crippen LogP contribution is -2.39. The summed E-state index contributed by atoms with van der Waals surface area (Å²) in [6, 6.07) is 7.16. The summed E-state index contributed by atoms with van der Waals surface area (Å²) in [7, 11) is 0. The van der Waals surface area contributed by atoms with Crippen molar-refractivity contribution in [1.82, 2.24) is 15.3 Å². The molecule has 1 aromatic carbocycles. The van der Waals surface area contributed by atoms with E-state index in [2.05, 4.69) is 62.3 Å². The molecule has 1 aromatic heterocycles. The molecule has 0 bridgehead atoms. The van der Waals surface area contributed by atoms with Crippen molar-refractivity contribution < 1.29 is 0 Å². The van der Waals surface area contributed by atoms with Crippen LogP contribution in [0.3, 0.4) is 0 Å². The molecule has 1 heterocycles. The molecular weight excluding hydrogens is 354 g/mol. The summed E-state index contributed by atoms with van der Waals surface area (Å²) in [6.45, 7) is 10.5. The van der Waals surface area contributed by atoms with Crippen LogP contribution >= 0.6 is 0 Å². The van der Waals surface area contributed by atoms with Crippen molar-refractivity contribution in [3.05, 3.63) is 41.2 Å². The maximum Gasteiger partial charge on any atom is 0.107 e. The first-order valence-electron chi connectivity index (χ1n) is 11.9. The summed E-state index contributed by atoms with van der Waals surface area (Å²) in [5, 5.41) is 3.92. The summed E-state index contributed by atoms with van der Waals surface area (Å²) in [5.74, 6) is 3.90.